The molecule has 130 valence electrons. The lowest BCUT2D eigenvalue weighted by Gasteiger charge is -2.12. The molecule has 1 heterocycles. The van der Waals surface area contributed by atoms with Gasteiger partial charge in [0.2, 0.25) is 5.88 Å². The molecule has 0 amide bonds. The van der Waals surface area contributed by atoms with Gasteiger partial charge in [0, 0.05) is 32.4 Å². The van der Waals surface area contributed by atoms with E-state index in [2.05, 4.69) is 25.3 Å². The molecular weight excluding hydrogens is 424 g/mol. The Morgan fingerprint density at radius 2 is 2.13 bits per heavy atom. The fourth-order valence-corrected chi connectivity index (χ4v) is 1.76. The average molecular weight is 444 g/mol. The highest BCUT2D eigenvalue weighted by Crippen LogP contribution is 2.27. The third-order valence-electron chi connectivity index (χ3n) is 3.12. The van der Waals surface area contributed by atoms with Gasteiger partial charge in [-0.3, -0.25) is 4.99 Å². The van der Waals surface area contributed by atoms with Gasteiger partial charge in [-0.25, -0.2) is 4.98 Å². The van der Waals surface area contributed by atoms with Crippen LogP contribution in [0.15, 0.2) is 23.3 Å². The maximum atomic E-state index is 12.1. The molecule has 23 heavy (non-hydrogen) atoms. The maximum Gasteiger partial charge on any atom is 0.422 e. The molecule has 0 spiro atoms. The molecule has 0 bridgehead atoms. The topological polar surface area (TPSA) is 58.5 Å². The summed E-state index contributed by atoms with van der Waals surface area (Å²) in [5, 5.41) is 6.31. The highest BCUT2D eigenvalue weighted by atomic mass is 127. The van der Waals surface area contributed by atoms with Crippen molar-refractivity contribution >= 4 is 29.9 Å². The van der Waals surface area contributed by atoms with Crippen molar-refractivity contribution in [3.8, 4) is 5.88 Å². The van der Waals surface area contributed by atoms with Gasteiger partial charge in [0.1, 0.15) is 0 Å². The molecule has 1 aromatic rings. The number of pyridine rings is 1. The van der Waals surface area contributed by atoms with Crippen LogP contribution in [0.5, 0.6) is 5.88 Å². The first-order chi connectivity index (χ1) is 10.5. The van der Waals surface area contributed by atoms with E-state index in [9.17, 15) is 13.2 Å². The fourth-order valence-electron chi connectivity index (χ4n) is 1.76. The average Bonchev–Trinajstić information content (AvgIpc) is 3.29. The Morgan fingerprint density at radius 1 is 1.39 bits per heavy atom. The van der Waals surface area contributed by atoms with E-state index in [4.69, 9.17) is 0 Å². The number of rotatable bonds is 6. The Morgan fingerprint density at radius 3 is 2.74 bits per heavy atom. The minimum Gasteiger partial charge on any atom is -0.468 e. The van der Waals surface area contributed by atoms with E-state index in [1.807, 2.05) is 0 Å². The Hall–Kier alpha value is -1.26. The highest BCUT2D eigenvalue weighted by molar-refractivity contribution is 14.0. The molecule has 0 unspecified atom stereocenters. The van der Waals surface area contributed by atoms with Crippen molar-refractivity contribution in [1.29, 1.82) is 0 Å². The van der Waals surface area contributed by atoms with E-state index >= 15 is 0 Å². The molecule has 5 nitrogen and oxygen atoms in total. The number of hydrogen-bond donors (Lipinski definition) is 2. The van der Waals surface area contributed by atoms with Crippen LogP contribution in [-0.4, -0.2) is 37.3 Å². The lowest BCUT2D eigenvalue weighted by Crippen LogP contribution is -2.37. The molecule has 1 fully saturated rings. The van der Waals surface area contributed by atoms with E-state index in [0.29, 0.717) is 12.5 Å². The van der Waals surface area contributed by atoms with Gasteiger partial charge in [0.15, 0.2) is 12.6 Å². The van der Waals surface area contributed by atoms with Crippen molar-refractivity contribution in [2.45, 2.75) is 25.6 Å². The molecule has 0 aliphatic heterocycles. The molecule has 2 N–H and O–H groups in total. The van der Waals surface area contributed by atoms with Crippen molar-refractivity contribution in [3.63, 3.8) is 0 Å². The second kappa shape index (κ2) is 9.14. The van der Waals surface area contributed by atoms with Crippen LogP contribution in [0.4, 0.5) is 13.2 Å². The molecule has 9 heteroatoms. The number of nitrogens with one attached hydrogen (secondary N) is 2. The number of aromatic nitrogens is 1. The molecule has 0 aromatic carbocycles. The molecule has 1 aliphatic carbocycles. The summed E-state index contributed by atoms with van der Waals surface area (Å²) in [6.07, 6.45) is -0.462. The number of nitrogens with zero attached hydrogens (tertiary/aromatic N) is 2. The van der Waals surface area contributed by atoms with Crippen molar-refractivity contribution in [3.05, 3.63) is 23.9 Å². The predicted molar refractivity (Wildman–Crippen MR) is 92.1 cm³/mol. The number of ether oxygens (including phenoxy) is 1. The van der Waals surface area contributed by atoms with E-state index < -0.39 is 12.8 Å². The van der Waals surface area contributed by atoms with Gasteiger partial charge >= 0.3 is 6.18 Å². The van der Waals surface area contributed by atoms with Gasteiger partial charge in [0.25, 0.3) is 0 Å². The van der Waals surface area contributed by atoms with Crippen molar-refractivity contribution < 1.29 is 17.9 Å². The van der Waals surface area contributed by atoms with Gasteiger partial charge in [-0.05, 0) is 30.4 Å². The summed E-state index contributed by atoms with van der Waals surface area (Å²) in [6, 6.07) is 3.19. The van der Waals surface area contributed by atoms with Crippen LogP contribution >= 0.6 is 24.0 Å². The van der Waals surface area contributed by atoms with E-state index in [1.54, 1.807) is 13.1 Å². The zero-order valence-electron chi connectivity index (χ0n) is 12.7. The van der Waals surface area contributed by atoms with Crippen LogP contribution in [0.2, 0.25) is 0 Å². The third-order valence-corrected chi connectivity index (χ3v) is 3.12. The largest absolute Gasteiger partial charge is 0.468 e. The second-order valence-corrected chi connectivity index (χ2v) is 5.16. The standard InChI is InChI=1S/C14H19F3N4O.HI/c1-18-13(20-7-10-2-3-10)21-8-11-4-5-19-12(6-11)22-9-14(15,16)17;/h4-6,10H,2-3,7-9H2,1H3,(H2,18,20,21);1H. The summed E-state index contributed by atoms with van der Waals surface area (Å²) in [6.45, 7) is -0.0350. The van der Waals surface area contributed by atoms with Crippen molar-refractivity contribution in [2.24, 2.45) is 10.9 Å². The molecule has 1 aliphatic rings. The number of guanidine groups is 1. The highest BCUT2D eigenvalue weighted by Gasteiger charge is 2.28. The summed E-state index contributed by atoms with van der Waals surface area (Å²) in [7, 11) is 1.67. The van der Waals surface area contributed by atoms with Gasteiger partial charge in [0.05, 0.1) is 0 Å². The minimum absolute atomic E-state index is 0. The number of alkyl halides is 3. The molecule has 1 saturated carbocycles. The fraction of sp³-hybridized carbons (Fsp3) is 0.571. The van der Waals surface area contributed by atoms with Crippen LogP contribution in [0.3, 0.4) is 0 Å². The molecular formula is C14H20F3IN4O. The predicted octanol–water partition coefficient (Wildman–Crippen LogP) is 2.72. The maximum absolute atomic E-state index is 12.1. The zero-order valence-corrected chi connectivity index (χ0v) is 15.0. The molecule has 0 saturated heterocycles. The van der Waals surface area contributed by atoms with Crippen molar-refractivity contribution in [2.75, 3.05) is 20.2 Å². The van der Waals surface area contributed by atoms with Crippen molar-refractivity contribution in [1.82, 2.24) is 15.6 Å². The first kappa shape index (κ1) is 19.8. The quantitative estimate of drug-likeness (QED) is 0.403. The van der Waals surface area contributed by atoms with E-state index in [0.717, 1.165) is 18.0 Å². The van der Waals surface area contributed by atoms with Crippen LogP contribution in [-0.2, 0) is 6.54 Å². The third kappa shape index (κ3) is 8.24. The summed E-state index contributed by atoms with van der Waals surface area (Å²) in [5.41, 5.74) is 0.765. The second-order valence-electron chi connectivity index (χ2n) is 5.16. The SMILES string of the molecule is CN=C(NCc1ccnc(OCC(F)(F)F)c1)NCC1CC1.I. The first-order valence-electron chi connectivity index (χ1n) is 7.05. The van der Waals surface area contributed by atoms with Crippen LogP contribution < -0.4 is 15.4 Å². The lowest BCUT2D eigenvalue weighted by molar-refractivity contribution is -0.154. The van der Waals surface area contributed by atoms with Gasteiger partial charge < -0.3 is 15.4 Å². The Balaban J connectivity index is 0.00000264. The monoisotopic (exact) mass is 444 g/mol. The Bertz CT molecular complexity index is 521. The summed E-state index contributed by atoms with van der Waals surface area (Å²) < 4.78 is 40.9. The summed E-state index contributed by atoms with van der Waals surface area (Å²) >= 11 is 0. The molecule has 1 aromatic heterocycles. The number of halogens is 4. The van der Waals surface area contributed by atoms with Crippen LogP contribution in [0, 0.1) is 5.92 Å². The first-order valence-corrected chi connectivity index (χ1v) is 7.05. The van der Waals surface area contributed by atoms with Crippen LogP contribution in [0.1, 0.15) is 18.4 Å². The van der Waals surface area contributed by atoms with Gasteiger partial charge in [-0.15, -0.1) is 24.0 Å². The zero-order chi connectivity index (χ0) is 16.0. The molecule has 0 radical (unpaired) electrons. The number of aliphatic imine (C=N–C) groups is 1. The van der Waals surface area contributed by atoms with E-state index in [-0.39, 0.29) is 29.9 Å². The van der Waals surface area contributed by atoms with Gasteiger partial charge in [-0.1, -0.05) is 0 Å². The molecule has 2 rings (SSSR count). The minimum atomic E-state index is -4.37. The Labute approximate surface area is 150 Å². The summed E-state index contributed by atoms with van der Waals surface area (Å²) in [5.74, 6) is 1.35. The van der Waals surface area contributed by atoms with Crippen LogP contribution in [0.25, 0.3) is 0 Å². The smallest absolute Gasteiger partial charge is 0.422 e. The molecule has 0 atom stereocenters. The lowest BCUT2D eigenvalue weighted by atomic mass is 10.2. The number of hydrogen-bond acceptors (Lipinski definition) is 3. The summed E-state index contributed by atoms with van der Waals surface area (Å²) in [4.78, 5) is 7.85. The van der Waals surface area contributed by atoms with Gasteiger partial charge in [-0.2, -0.15) is 13.2 Å². The van der Waals surface area contributed by atoms with E-state index in [1.165, 1.54) is 25.1 Å². The normalized spacial score (nSPS) is 14.9. The Kier molecular flexibility index (Phi) is 7.86.